The lowest BCUT2D eigenvalue weighted by molar-refractivity contribution is -0.125. The molecule has 10 rings (SSSR count). The Morgan fingerprint density at radius 2 is 1.43 bits per heavy atom. The molecule has 0 radical (unpaired) electrons. The largest absolute Gasteiger partial charge is 0.493 e. The van der Waals surface area contributed by atoms with E-state index in [1.54, 1.807) is 30.3 Å². The van der Waals surface area contributed by atoms with Crippen LogP contribution < -0.4 is 25.0 Å². The summed E-state index contributed by atoms with van der Waals surface area (Å²) in [7, 11) is 7.62. The van der Waals surface area contributed by atoms with E-state index in [0.29, 0.717) is 77.5 Å². The quantitative estimate of drug-likeness (QED) is 0.0133. The van der Waals surface area contributed by atoms with E-state index in [0.717, 1.165) is 139 Å². The maximum Gasteiger partial charge on any atom is 0.224 e. The number of hydrogen-bond donors (Lipinski definition) is 2. The summed E-state index contributed by atoms with van der Waals surface area (Å²) >= 11 is 1.77. The van der Waals surface area contributed by atoms with Gasteiger partial charge < -0.3 is 43.8 Å². The van der Waals surface area contributed by atoms with Gasteiger partial charge in [0.1, 0.15) is 24.4 Å². The van der Waals surface area contributed by atoms with Gasteiger partial charge in [-0.25, -0.2) is 8.61 Å². The number of anilines is 2. The molecule has 2 N–H and O–H groups in total. The standard InChI is InChI=1S/C72H92N10O9S/c1-50-64(61(77(8)75-50)49-91-53-28-26-52(27-29-53)80-36-38-81(39-37-80)92-76(6)7)57-20-12-19-55-56(23-15-43-90-63-25-11-17-51-16-9-10-18-54(51)63)68(62(84)48-72(2,3)4)82(67(55)57)40-35-78-31-33-79(34-32-78)41-45-89-47-46-88-44-30-74-60-24-13-21-58-65(60)70(86)66(69(58)85)59(22-14-42-83)71(87)73-5/h9-13,16-21,24-29,42,59,66,74H,14-15,22-23,30-41,43-49H2,1-8H3,(H,73,87). The van der Waals surface area contributed by atoms with Crippen molar-refractivity contribution in [1.82, 2.24) is 38.1 Å². The Bertz CT molecular complexity index is 3690. The number of ketones is 3. The van der Waals surface area contributed by atoms with Crippen LogP contribution in [0.25, 0.3) is 32.8 Å². The minimum absolute atomic E-state index is 0.0739. The van der Waals surface area contributed by atoms with Gasteiger partial charge in [-0.05, 0) is 93.0 Å². The summed E-state index contributed by atoms with van der Waals surface area (Å²) in [5.41, 5.74) is 8.81. The lowest BCUT2D eigenvalue weighted by Gasteiger charge is -2.36. The van der Waals surface area contributed by atoms with Gasteiger partial charge in [0.25, 0.3) is 0 Å². The molecule has 2 aliphatic heterocycles. The first-order chi connectivity index (χ1) is 44.5. The van der Waals surface area contributed by atoms with E-state index in [1.165, 1.54) is 12.7 Å². The number of benzene rings is 5. The van der Waals surface area contributed by atoms with Crippen molar-refractivity contribution in [2.45, 2.75) is 73.0 Å². The first-order valence-corrected chi connectivity index (χ1v) is 33.3. The van der Waals surface area contributed by atoms with E-state index in [1.807, 2.05) is 36.0 Å². The first-order valence-electron chi connectivity index (χ1n) is 32.6. The monoisotopic (exact) mass is 1270 g/mol. The van der Waals surface area contributed by atoms with Gasteiger partial charge in [-0.3, -0.25) is 33.7 Å². The number of ether oxygens (including phenoxy) is 4. The van der Waals surface area contributed by atoms with Crippen LogP contribution in [0.5, 0.6) is 11.5 Å². The van der Waals surface area contributed by atoms with Gasteiger partial charge in [0, 0.05) is 156 Å². The van der Waals surface area contributed by atoms with E-state index in [9.17, 15) is 19.2 Å². The molecule has 19 nitrogen and oxygen atoms in total. The molecule has 5 aromatic carbocycles. The molecule has 92 heavy (non-hydrogen) atoms. The van der Waals surface area contributed by atoms with Gasteiger partial charge in [-0.2, -0.15) is 5.10 Å². The van der Waals surface area contributed by atoms with Gasteiger partial charge in [0.15, 0.2) is 17.3 Å². The van der Waals surface area contributed by atoms with Crippen LogP contribution in [0, 0.1) is 24.2 Å². The molecule has 2 saturated heterocycles. The van der Waals surface area contributed by atoms with Crippen LogP contribution in [-0.2, 0) is 45.7 Å². The lowest BCUT2D eigenvalue weighted by atomic mass is 9.84. The normalized spacial score (nSPS) is 16.2. The minimum atomic E-state index is -1.16. The summed E-state index contributed by atoms with van der Waals surface area (Å²) < 4.78 is 34.0. The van der Waals surface area contributed by atoms with E-state index < -0.39 is 29.3 Å². The number of Topliss-reactive ketones (excluding diaryl/α,β-unsaturated/α-hetero) is 3. The number of fused-ring (bicyclic) bond motifs is 3. The third kappa shape index (κ3) is 16.3. The van der Waals surface area contributed by atoms with Gasteiger partial charge in [-0.1, -0.05) is 87.5 Å². The second kappa shape index (κ2) is 31.5. The third-order valence-corrected chi connectivity index (χ3v) is 18.7. The van der Waals surface area contributed by atoms with Crippen LogP contribution in [0.2, 0.25) is 0 Å². The lowest BCUT2D eigenvalue weighted by Crippen LogP contribution is -2.48. The Morgan fingerprint density at radius 1 is 0.750 bits per heavy atom. The number of nitrogens with zero attached hydrogens (tertiary/aromatic N) is 8. The zero-order valence-corrected chi connectivity index (χ0v) is 55.8. The van der Waals surface area contributed by atoms with Crippen molar-refractivity contribution in [3.63, 3.8) is 0 Å². The summed E-state index contributed by atoms with van der Waals surface area (Å²) in [6, 6.07) is 34.6. The van der Waals surface area contributed by atoms with Crippen LogP contribution >= 0.6 is 12.1 Å². The molecule has 20 heteroatoms. The number of piperazine rings is 2. The molecule has 2 unspecified atom stereocenters. The number of aromatic nitrogens is 3. The zero-order valence-electron chi connectivity index (χ0n) is 55.0. The molecule has 490 valence electrons. The Labute approximate surface area is 546 Å². The number of aryl methyl sites for hydroxylation is 3. The Balaban J connectivity index is 0.787. The Kier molecular flexibility index (Phi) is 23.1. The molecular weight excluding hydrogens is 1180 g/mol. The number of hydrogen-bond acceptors (Lipinski definition) is 17. The number of aldehydes is 1. The third-order valence-electron chi connectivity index (χ3n) is 17.7. The molecule has 4 heterocycles. The molecule has 2 atom stereocenters. The summed E-state index contributed by atoms with van der Waals surface area (Å²) in [6.07, 6.45) is 2.66. The van der Waals surface area contributed by atoms with E-state index in [4.69, 9.17) is 24.0 Å². The van der Waals surface area contributed by atoms with Crippen LogP contribution in [0.4, 0.5) is 11.4 Å². The van der Waals surface area contributed by atoms with Gasteiger partial charge in [0.05, 0.1) is 73.0 Å². The highest BCUT2D eigenvalue weighted by atomic mass is 32.2. The maximum atomic E-state index is 15.2. The summed E-state index contributed by atoms with van der Waals surface area (Å²) in [5, 5.41) is 14.1. The van der Waals surface area contributed by atoms with Crippen molar-refractivity contribution in [3.8, 4) is 22.6 Å². The first kappa shape index (κ1) is 67.5. The van der Waals surface area contributed by atoms with E-state index in [2.05, 4.69) is 141 Å². The average Bonchev–Trinajstić information content (AvgIpc) is 1.59. The van der Waals surface area contributed by atoms with Crippen molar-refractivity contribution in [2.24, 2.45) is 24.3 Å². The fraction of sp³-hybridized carbons (Fsp3) is 0.472. The number of para-hydroxylation sites is 1. The summed E-state index contributed by atoms with van der Waals surface area (Å²) in [5.74, 6) is -1.53. The number of amides is 1. The van der Waals surface area contributed by atoms with Crippen molar-refractivity contribution in [2.75, 3.05) is 136 Å². The van der Waals surface area contributed by atoms with Crippen LogP contribution in [0.15, 0.2) is 103 Å². The average molecular weight is 1270 g/mol. The highest BCUT2D eigenvalue weighted by molar-refractivity contribution is 7.94. The SMILES string of the molecule is CNC(=O)C(CCC=O)C1C(=O)c2cccc(NCCOCCOCCN3CCN(CCn4c(C(=O)CC(C)(C)C)c(CCCOc5cccc6ccccc56)c5cccc(-c6c(C)nn(C)c6COc6ccc(N7CCN(SN(C)C)CC7)cc6)c54)CC3)c2C1=O. The van der Waals surface area contributed by atoms with Gasteiger partial charge in [-0.15, -0.1) is 0 Å². The molecule has 0 saturated carbocycles. The topological polar surface area (TPSA) is 185 Å². The van der Waals surface area contributed by atoms with Crippen LogP contribution in [0.3, 0.4) is 0 Å². The van der Waals surface area contributed by atoms with Crippen molar-refractivity contribution < 1.29 is 42.9 Å². The molecular formula is C72H92N10O9S. The molecule has 3 aliphatic rings. The number of nitrogens with one attached hydrogen (secondary N) is 2. The molecule has 0 spiro atoms. The van der Waals surface area contributed by atoms with Gasteiger partial charge in [0.2, 0.25) is 5.91 Å². The molecule has 2 aromatic heterocycles. The van der Waals surface area contributed by atoms with Crippen LogP contribution in [0.1, 0.15) is 94.6 Å². The smallest absolute Gasteiger partial charge is 0.224 e. The summed E-state index contributed by atoms with van der Waals surface area (Å²) in [6.45, 7) is 21.0. The molecule has 1 amide bonds. The number of carbonyl (C=O) groups excluding carboxylic acids is 5. The van der Waals surface area contributed by atoms with Crippen molar-refractivity contribution >= 4 is 74.7 Å². The molecule has 7 aromatic rings. The molecule has 2 fully saturated rings. The highest BCUT2D eigenvalue weighted by Crippen LogP contribution is 2.41. The molecule has 0 bridgehead atoms. The second-order valence-electron chi connectivity index (χ2n) is 25.6. The molecule has 1 aliphatic carbocycles. The van der Waals surface area contributed by atoms with Crippen molar-refractivity contribution in [1.29, 1.82) is 0 Å². The van der Waals surface area contributed by atoms with E-state index >= 15 is 4.79 Å². The predicted molar refractivity (Wildman–Crippen MR) is 365 cm³/mol. The fourth-order valence-electron chi connectivity index (χ4n) is 13.3. The van der Waals surface area contributed by atoms with Gasteiger partial charge >= 0.3 is 0 Å². The van der Waals surface area contributed by atoms with Crippen LogP contribution in [-0.4, -0.2) is 188 Å². The zero-order chi connectivity index (χ0) is 64.9. The Hall–Kier alpha value is -7.43. The number of carbonyl (C=O) groups is 5. The Morgan fingerprint density at radius 3 is 2.16 bits per heavy atom. The van der Waals surface area contributed by atoms with Crippen molar-refractivity contribution in [3.05, 3.63) is 137 Å². The minimum Gasteiger partial charge on any atom is -0.493 e. The maximum absolute atomic E-state index is 15.2. The highest BCUT2D eigenvalue weighted by Gasteiger charge is 2.47. The predicted octanol–water partition coefficient (Wildman–Crippen LogP) is 10.1. The van der Waals surface area contributed by atoms with E-state index in [-0.39, 0.29) is 35.2 Å². The fourth-order valence-corrected chi connectivity index (χ4v) is 14.1. The second-order valence-corrected chi connectivity index (χ2v) is 27.0. The summed E-state index contributed by atoms with van der Waals surface area (Å²) in [4.78, 5) is 73.5. The number of rotatable bonds is 32.